The normalized spacial score (nSPS) is 15.9. The summed E-state index contributed by atoms with van der Waals surface area (Å²) in [5.41, 5.74) is 0. The lowest BCUT2D eigenvalue weighted by molar-refractivity contribution is 0.838. The van der Waals surface area contributed by atoms with Gasteiger partial charge in [-0.3, -0.25) is 0 Å². The molecule has 0 saturated carbocycles. The van der Waals surface area contributed by atoms with Gasteiger partial charge in [0.15, 0.2) is 2.69 Å². The topological polar surface area (TPSA) is 0 Å². The van der Waals surface area contributed by atoms with Crippen LogP contribution in [-0.4, -0.2) is 12.9 Å². The standard InChI is InChI=1S/C4H4Br2Cl4/c5-4(6,10)1-2(7)3(8)9/h2-3H,1H2. The molecule has 0 fully saturated rings. The zero-order chi connectivity index (χ0) is 8.36. The lowest BCUT2D eigenvalue weighted by Gasteiger charge is -2.16. The second kappa shape index (κ2) is 4.98. The summed E-state index contributed by atoms with van der Waals surface area (Å²) in [6, 6.07) is 0. The Labute approximate surface area is 96.8 Å². The Bertz CT molecular complexity index is 99.9. The van der Waals surface area contributed by atoms with Crippen molar-refractivity contribution < 1.29 is 0 Å². The molecule has 1 atom stereocenters. The van der Waals surface area contributed by atoms with Gasteiger partial charge in [0, 0.05) is 6.42 Å². The van der Waals surface area contributed by atoms with Gasteiger partial charge in [0.2, 0.25) is 0 Å². The molecule has 10 heavy (non-hydrogen) atoms. The van der Waals surface area contributed by atoms with Gasteiger partial charge in [-0.15, -0.1) is 34.8 Å². The van der Waals surface area contributed by atoms with E-state index in [2.05, 4.69) is 31.9 Å². The van der Waals surface area contributed by atoms with Gasteiger partial charge in [-0.1, -0.05) is 43.5 Å². The highest BCUT2D eigenvalue weighted by atomic mass is 79.9. The molecule has 0 nitrogen and oxygen atoms in total. The average Bonchev–Trinajstić information content (AvgIpc) is 1.60. The summed E-state index contributed by atoms with van der Waals surface area (Å²) in [6.07, 6.45) is 0.438. The van der Waals surface area contributed by atoms with E-state index in [1.54, 1.807) is 0 Å². The molecule has 0 N–H and O–H groups in total. The van der Waals surface area contributed by atoms with Crippen LogP contribution in [0.15, 0.2) is 0 Å². The van der Waals surface area contributed by atoms with Crippen molar-refractivity contribution in [3.8, 4) is 0 Å². The van der Waals surface area contributed by atoms with Gasteiger partial charge < -0.3 is 0 Å². The first-order chi connectivity index (χ1) is 4.33. The highest BCUT2D eigenvalue weighted by Gasteiger charge is 2.26. The fourth-order valence-corrected chi connectivity index (χ4v) is 2.04. The minimum absolute atomic E-state index is 0.361. The monoisotopic (exact) mass is 350 g/mol. The molecular formula is C4H4Br2Cl4. The molecule has 0 aromatic heterocycles. The van der Waals surface area contributed by atoms with Crippen LogP contribution in [0.25, 0.3) is 0 Å². The molecule has 0 rings (SSSR count). The summed E-state index contributed by atoms with van der Waals surface area (Å²) in [7, 11) is 0. The Morgan fingerprint density at radius 2 is 1.60 bits per heavy atom. The highest BCUT2D eigenvalue weighted by Crippen LogP contribution is 2.38. The molecule has 6 heteroatoms. The predicted octanol–water partition coefficient (Wildman–Crippen LogP) is 4.47. The van der Waals surface area contributed by atoms with Gasteiger partial charge in [-0.2, -0.15) is 0 Å². The van der Waals surface area contributed by atoms with Crippen molar-refractivity contribution in [1.29, 1.82) is 0 Å². The minimum atomic E-state index is -0.700. The van der Waals surface area contributed by atoms with E-state index in [4.69, 9.17) is 46.4 Å². The molecule has 62 valence electrons. The Morgan fingerprint density at radius 3 is 1.70 bits per heavy atom. The third-order valence-electron chi connectivity index (χ3n) is 0.700. The molecule has 0 aliphatic carbocycles. The minimum Gasteiger partial charge on any atom is -0.120 e. The van der Waals surface area contributed by atoms with Crippen LogP contribution in [0.4, 0.5) is 0 Å². The molecular weight excluding hydrogens is 350 g/mol. The Kier molecular flexibility index (Phi) is 6.04. The second-order valence-corrected chi connectivity index (χ2v) is 8.72. The Hall–Kier alpha value is 2.12. The first-order valence-corrected chi connectivity index (χ1v) is 5.59. The van der Waals surface area contributed by atoms with Crippen molar-refractivity contribution in [1.82, 2.24) is 0 Å². The van der Waals surface area contributed by atoms with Crippen molar-refractivity contribution in [3.05, 3.63) is 0 Å². The van der Waals surface area contributed by atoms with Crippen LogP contribution >= 0.6 is 78.3 Å². The molecule has 0 spiro atoms. The zero-order valence-electron chi connectivity index (χ0n) is 4.63. The van der Waals surface area contributed by atoms with Crippen LogP contribution in [0.1, 0.15) is 6.42 Å². The molecule has 0 bridgehead atoms. The van der Waals surface area contributed by atoms with Crippen molar-refractivity contribution in [2.75, 3.05) is 0 Å². The van der Waals surface area contributed by atoms with Gasteiger partial charge in [-0.05, 0) is 0 Å². The third kappa shape index (κ3) is 6.81. The maximum Gasteiger partial charge on any atom is 0.155 e. The molecule has 0 aliphatic heterocycles. The van der Waals surface area contributed by atoms with Crippen molar-refractivity contribution in [3.63, 3.8) is 0 Å². The molecule has 0 amide bonds. The van der Waals surface area contributed by atoms with E-state index in [9.17, 15) is 0 Å². The number of rotatable bonds is 3. The lowest BCUT2D eigenvalue weighted by Crippen LogP contribution is -2.16. The van der Waals surface area contributed by atoms with E-state index in [0.717, 1.165) is 0 Å². The summed E-state index contributed by atoms with van der Waals surface area (Å²) in [5.74, 6) is 0. The molecule has 1 unspecified atom stereocenters. The summed E-state index contributed by atoms with van der Waals surface area (Å²) in [4.78, 5) is -0.602. The number of alkyl halides is 6. The molecule has 0 aromatic carbocycles. The van der Waals surface area contributed by atoms with E-state index < -0.39 is 7.53 Å². The molecule has 0 heterocycles. The number of hydrogen-bond acceptors (Lipinski definition) is 0. The first-order valence-electron chi connectivity index (χ1n) is 2.32. The van der Waals surface area contributed by atoms with Crippen molar-refractivity contribution in [2.45, 2.75) is 19.3 Å². The van der Waals surface area contributed by atoms with E-state index >= 15 is 0 Å². The lowest BCUT2D eigenvalue weighted by atomic mass is 10.4. The van der Waals surface area contributed by atoms with Gasteiger partial charge in [-0.25, -0.2) is 0 Å². The smallest absolute Gasteiger partial charge is 0.120 e. The fourth-order valence-electron chi connectivity index (χ4n) is 0.310. The third-order valence-corrected chi connectivity index (χ3v) is 2.77. The van der Waals surface area contributed by atoms with Crippen LogP contribution < -0.4 is 0 Å². The first kappa shape index (κ1) is 12.1. The molecule has 0 aliphatic rings. The molecule has 0 radical (unpaired) electrons. The summed E-state index contributed by atoms with van der Waals surface area (Å²) in [5, 5.41) is -0.361. The Morgan fingerprint density at radius 1 is 1.20 bits per heavy atom. The maximum atomic E-state index is 5.70. The Balaban J connectivity index is 3.68. The maximum absolute atomic E-state index is 5.70. The van der Waals surface area contributed by atoms with E-state index in [0.29, 0.717) is 6.42 Å². The summed E-state index contributed by atoms with van der Waals surface area (Å²) >= 11 is 28.6. The predicted molar refractivity (Wildman–Crippen MR) is 56.2 cm³/mol. The van der Waals surface area contributed by atoms with E-state index in [1.807, 2.05) is 0 Å². The van der Waals surface area contributed by atoms with Crippen LogP contribution in [0.3, 0.4) is 0 Å². The van der Waals surface area contributed by atoms with Crippen molar-refractivity contribution in [2.24, 2.45) is 0 Å². The highest BCUT2D eigenvalue weighted by molar-refractivity contribution is 9.26. The zero-order valence-corrected chi connectivity index (χ0v) is 10.8. The van der Waals surface area contributed by atoms with Gasteiger partial charge in [0.1, 0.15) is 4.84 Å². The summed E-state index contributed by atoms with van der Waals surface area (Å²) in [6.45, 7) is 0. The van der Waals surface area contributed by atoms with E-state index in [1.165, 1.54) is 0 Å². The number of halogens is 6. The van der Waals surface area contributed by atoms with Gasteiger partial charge >= 0.3 is 0 Å². The van der Waals surface area contributed by atoms with Crippen molar-refractivity contribution >= 4 is 78.3 Å². The van der Waals surface area contributed by atoms with E-state index in [-0.39, 0.29) is 5.38 Å². The molecule has 0 aromatic rings. The summed E-state index contributed by atoms with van der Waals surface area (Å²) < 4.78 is -0.700. The second-order valence-electron chi connectivity index (χ2n) is 1.67. The number of hydrogen-bond donors (Lipinski definition) is 0. The van der Waals surface area contributed by atoms with Crippen LogP contribution in [-0.2, 0) is 0 Å². The van der Waals surface area contributed by atoms with Gasteiger partial charge in [0.25, 0.3) is 0 Å². The molecule has 0 saturated heterocycles. The average molecular weight is 354 g/mol. The van der Waals surface area contributed by atoms with Crippen LogP contribution in [0.2, 0.25) is 0 Å². The fraction of sp³-hybridized carbons (Fsp3) is 1.00. The quantitative estimate of drug-likeness (QED) is 0.657. The SMILES string of the molecule is ClC(Cl)C(Cl)CC(Cl)(Br)Br. The van der Waals surface area contributed by atoms with Crippen LogP contribution in [0.5, 0.6) is 0 Å². The van der Waals surface area contributed by atoms with Crippen LogP contribution in [0, 0.1) is 0 Å². The largest absolute Gasteiger partial charge is 0.155 e. The van der Waals surface area contributed by atoms with Gasteiger partial charge in [0.05, 0.1) is 5.38 Å².